The number of esters is 2. The molecule has 3 aromatic carbocycles. The average molecular weight is 505 g/mol. The van der Waals surface area contributed by atoms with Crippen molar-refractivity contribution in [2.75, 3.05) is 19.5 Å². The van der Waals surface area contributed by atoms with Crippen molar-refractivity contribution in [2.45, 2.75) is 12.8 Å². The molecule has 184 valence electrons. The Morgan fingerprint density at radius 2 is 1.14 bits per heavy atom. The van der Waals surface area contributed by atoms with Crippen molar-refractivity contribution in [1.29, 1.82) is 0 Å². The minimum absolute atomic E-state index is 0.0567. The summed E-state index contributed by atoms with van der Waals surface area (Å²) in [6.45, 7) is 0. The molecule has 9 heteroatoms. The minimum Gasteiger partial charge on any atom is -0.465 e. The van der Waals surface area contributed by atoms with Crippen molar-refractivity contribution in [2.24, 2.45) is 0 Å². The Hall–Kier alpha value is -4.37. The summed E-state index contributed by atoms with van der Waals surface area (Å²) < 4.78 is 9.50. The average Bonchev–Trinajstić information content (AvgIpc) is 2.88. The Labute approximate surface area is 213 Å². The highest BCUT2D eigenvalue weighted by Crippen LogP contribution is 2.19. The highest BCUT2D eigenvalue weighted by atomic mass is 32.1. The fourth-order valence-corrected chi connectivity index (χ4v) is 3.74. The summed E-state index contributed by atoms with van der Waals surface area (Å²) in [6, 6.07) is 22.0. The number of ether oxygens (including phenoxy) is 2. The lowest BCUT2D eigenvalue weighted by molar-refractivity contribution is -0.138. The molecule has 36 heavy (non-hydrogen) atoms. The number of carbonyl (C=O) groups excluding carboxylic acids is 4. The zero-order valence-electron chi connectivity index (χ0n) is 19.7. The molecule has 0 heterocycles. The molecule has 0 spiro atoms. The monoisotopic (exact) mass is 504 g/mol. The minimum atomic E-state index is -0.688. The van der Waals surface area contributed by atoms with Crippen LogP contribution in [0.5, 0.6) is 0 Å². The van der Waals surface area contributed by atoms with Crippen LogP contribution in [0.4, 0.5) is 5.69 Å². The summed E-state index contributed by atoms with van der Waals surface area (Å²) in [7, 11) is 2.41. The first-order valence-corrected chi connectivity index (χ1v) is 11.3. The molecular formula is C27H24N2O6S. The lowest BCUT2D eigenvalue weighted by Crippen LogP contribution is -2.45. The summed E-state index contributed by atoms with van der Waals surface area (Å²) in [5, 5.41) is 2.61. The first-order valence-electron chi connectivity index (χ1n) is 10.9. The number of anilines is 1. The van der Waals surface area contributed by atoms with Crippen LogP contribution >= 0.6 is 12.2 Å². The number of imide groups is 1. The van der Waals surface area contributed by atoms with Crippen LogP contribution in [0.2, 0.25) is 0 Å². The van der Waals surface area contributed by atoms with Crippen LogP contribution < -0.4 is 5.32 Å². The molecule has 0 saturated heterocycles. The predicted octanol–water partition coefficient (Wildman–Crippen LogP) is 3.80. The van der Waals surface area contributed by atoms with E-state index in [-0.39, 0.29) is 34.8 Å². The first-order chi connectivity index (χ1) is 17.3. The lowest BCUT2D eigenvalue weighted by Gasteiger charge is -2.23. The Bertz CT molecular complexity index is 1190. The van der Waals surface area contributed by atoms with Crippen LogP contribution in [0.15, 0.2) is 78.9 Å². The fourth-order valence-electron chi connectivity index (χ4n) is 3.42. The molecule has 0 aliphatic heterocycles. The van der Waals surface area contributed by atoms with Gasteiger partial charge in [-0.3, -0.25) is 9.59 Å². The number of thiocarbonyl (C=S) groups is 1. The van der Waals surface area contributed by atoms with Crippen molar-refractivity contribution in [3.8, 4) is 0 Å². The standard InChI is InChI=1S/C27H24N2O6S/c1-34-25(32)20-15-21(26(33)35-2)17-22(16-20)28-27(36)29(23(30)13-18-9-5-3-6-10-18)24(31)14-19-11-7-4-8-12-19/h3-12,15-17H,13-14H2,1-2H3,(H,28,36). The molecule has 0 aromatic heterocycles. The van der Waals surface area contributed by atoms with E-state index in [0.29, 0.717) is 11.1 Å². The van der Waals surface area contributed by atoms with Crippen molar-refractivity contribution in [1.82, 2.24) is 4.90 Å². The number of hydrogen-bond donors (Lipinski definition) is 1. The van der Waals surface area contributed by atoms with Crippen LogP contribution in [-0.4, -0.2) is 48.0 Å². The van der Waals surface area contributed by atoms with E-state index in [9.17, 15) is 19.2 Å². The molecule has 2 amide bonds. The van der Waals surface area contributed by atoms with E-state index in [1.54, 1.807) is 48.5 Å². The van der Waals surface area contributed by atoms with E-state index in [1.807, 2.05) is 12.1 Å². The number of hydrogen-bond acceptors (Lipinski definition) is 7. The first kappa shape index (κ1) is 26.2. The van der Waals surface area contributed by atoms with Crippen LogP contribution in [0.3, 0.4) is 0 Å². The molecule has 0 unspecified atom stereocenters. The van der Waals surface area contributed by atoms with Gasteiger partial charge in [0.2, 0.25) is 11.8 Å². The van der Waals surface area contributed by atoms with Gasteiger partial charge in [-0.1, -0.05) is 60.7 Å². The summed E-state index contributed by atoms with van der Waals surface area (Å²) in [4.78, 5) is 51.6. The maximum absolute atomic E-state index is 13.2. The van der Waals surface area contributed by atoms with Crippen molar-refractivity contribution in [3.63, 3.8) is 0 Å². The Morgan fingerprint density at radius 3 is 1.53 bits per heavy atom. The van der Waals surface area contributed by atoms with Crippen LogP contribution in [0.25, 0.3) is 0 Å². The highest BCUT2D eigenvalue weighted by Gasteiger charge is 2.27. The maximum atomic E-state index is 13.2. The Balaban J connectivity index is 1.92. The molecule has 0 atom stereocenters. The third kappa shape index (κ3) is 6.83. The molecule has 0 fully saturated rings. The van der Waals surface area contributed by atoms with Crippen molar-refractivity contribution < 1.29 is 28.7 Å². The van der Waals surface area contributed by atoms with Gasteiger partial charge in [0.15, 0.2) is 5.11 Å². The zero-order valence-corrected chi connectivity index (χ0v) is 20.5. The van der Waals surface area contributed by atoms with E-state index >= 15 is 0 Å². The summed E-state index contributed by atoms with van der Waals surface area (Å²) >= 11 is 5.46. The maximum Gasteiger partial charge on any atom is 0.337 e. The number of amides is 2. The van der Waals surface area contributed by atoms with Gasteiger partial charge in [-0.05, 0) is 41.5 Å². The second-order valence-corrected chi connectivity index (χ2v) is 8.05. The molecular weight excluding hydrogens is 480 g/mol. The van der Waals surface area contributed by atoms with Gasteiger partial charge in [0.05, 0.1) is 38.2 Å². The number of benzene rings is 3. The normalized spacial score (nSPS) is 10.2. The number of nitrogens with one attached hydrogen (secondary N) is 1. The second kappa shape index (κ2) is 12.4. The third-order valence-electron chi connectivity index (χ3n) is 5.12. The highest BCUT2D eigenvalue weighted by molar-refractivity contribution is 7.80. The molecule has 0 aliphatic carbocycles. The molecule has 1 N–H and O–H groups in total. The van der Waals surface area contributed by atoms with Gasteiger partial charge >= 0.3 is 11.9 Å². The number of rotatable bonds is 7. The third-order valence-corrected chi connectivity index (χ3v) is 5.41. The van der Waals surface area contributed by atoms with Gasteiger partial charge in [-0.15, -0.1) is 0 Å². The van der Waals surface area contributed by atoms with E-state index in [1.165, 1.54) is 32.4 Å². The lowest BCUT2D eigenvalue weighted by atomic mass is 10.1. The summed E-state index contributed by atoms with van der Waals surface area (Å²) in [5.74, 6) is -2.44. The smallest absolute Gasteiger partial charge is 0.337 e. The van der Waals surface area contributed by atoms with Crippen molar-refractivity contribution >= 4 is 46.8 Å². The Kier molecular flexibility index (Phi) is 9.01. The Morgan fingerprint density at radius 1 is 0.722 bits per heavy atom. The fraction of sp³-hybridized carbons (Fsp3) is 0.148. The van der Waals surface area contributed by atoms with E-state index < -0.39 is 23.8 Å². The van der Waals surface area contributed by atoms with E-state index in [4.69, 9.17) is 21.7 Å². The van der Waals surface area contributed by atoms with Crippen LogP contribution in [0.1, 0.15) is 31.8 Å². The van der Waals surface area contributed by atoms with Gasteiger partial charge in [0, 0.05) is 5.69 Å². The second-order valence-electron chi connectivity index (χ2n) is 7.66. The molecule has 0 aliphatic rings. The topological polar surface area (TPSA) is 102 Å². The van der Waals surface area contributed by atoms with Gasteiger partial charge in [0.25, 0.3) is 0 Å². The van der Waals surface area contributed by atoms with Crippen LogP contribution in [0, 0.1) is 0 Å². The summed E-state index contributed by atoms with van der Waals surface area (Å²) in [5.41, 5.74) is 1.74. The molecule has 0 bridgehead atoms. The molecule has 0 saturated carbocycles. The molecule has 3 rings (SSSR count). The van der Waals surface area contributed by atoms with E-state index in [2.05, 4.69) is 5.32 Å². The van der Waals surface area contributed by atoms with Gasteiger partial charge in [-0.2, -0.15) is 0 Å². The van der Waals surface area contributed by atoms with Gasteiger partial charge in [-0.25, -0.2) is 14.5 Å². The molecule has 8 nitrogen and oxygen atoms in total. The number of carbonyl (C=O) groups is 4. The largest absolute Gasteiger partial charge is 0.465 e. The van der Waals surface area contributed by atoms with E-state index in [0.717, 1.165) is 4.90 Å². The quantitative estimate of drug-likeness (QED) is 0.383. The van der Waals surface area contributed by atoms with Crippen molar-refractivity contribution in [3.05, 3.63) is 101 Å². The van der Waals surface area contributed by atoms with Gasteiger partial charge in [0.1, 0.15) is 0 Å². The SMILES string of the molecule is COC(=O)c1cc(NC(=S)N(C(=O)Cc2ccccc2)C(=O)Cc2ccccc2)cc(C(=O)OC)c1. The van der Waals surface area contributed by atoms with Gasteiger partial charge < -0.3 is 14.8 Å². The van der Waals surface area contributed by atoms with Crippen LogP contribution in [-0.2, 0) is 31.9 Å². The molecule has 3 aromatic rings. The zero-order chi connectivity index (χ0) is 26.1. The summed E-state index contributed by atoms with van der Waals surface area (Å²) in [6.07, 6.45) is -0.113. The number of methoxy groups -OCH3 is 2. The predicted molar refractivity (Wildman–Crippen MR) is 137 cm³/mol. The molecule has 0 radical (unpaired) electrons. The number of nitrogens with zero attached hydrogens (tertiary/aromatic N) is 1.